The van der Waals surface area contributed by atoms with Crippen LogP contribution in [0.25, 0.3) is 0 Å². The summed E-state index contributed by atoms with van der Waals surface area (Å²) in [5.41, 5.74) is 1.20. The molecule has 1 heterocycles. The highest BCUT2D eigenvalue weighted by Gasteiger charge is 2.14. The van der Waals surface area contributed by atoms with Crippen LogP contribution in [0.3, 0.4) is 0 Å². The van der Waals surface area contributed by atoms with E-state index in [4.69, 9.17) is 9.47 Å². The van der Waals surface area contributed by atoms with Crippen LogP contribution in [-0.2, 0) is 0 Å². The molecule has 5 nitrogen and oxygen atoms in total. The maximum Gasteiger partial charge on any atom is 0.256 e. The number of hydrogen-bond acceptors (Lipinski definition) is 5. The average molecular weight is 445 g/mol. The Bertz CT molecular complexity index is 948. The molecule has 1 N–H and O–H groups in total. The number of hydrogen-bond donors (Lipinski definition) is 1. The molecule has 138 valence electrons. The Balaban J connectivity index is 1.82. The molecule has 2 aromatic carbocycles. The first-order valence-corrected chi connectivity index (χ1v) is 9.63. The minimum atomic E-state index is -0.206. The number of benzene rings is 2. The third-order valence-corrected chi connectivity index (χ3v) is 5.18. The molecule has 0 aliphatic carbocycles. The largest absolute Gasteiger partial charge is 0.493 e. The first-order valence-electron chi connectivity index (χ1n) is 8.02. The van der Waals surface area contributed by atoms with Crippen molar-refractivity contribution in [1.82, 2.24) is 4.98 Å². The first-order chi connectivity index (χ1) is 13.1. The summed E-state index contributed by atoms with van der Waals surface area (Å²) in [5, 5.41) is 3.71. The normalized spacial score (nSPS) is 10.3. The second-order valence-corrected chi connectivity index (χ2v) is 7.41. The second kappa shape index (κ2) is 8.92. The number of rotatable bonds is 6. The highest BCUT2D eigenvalue weighted by Crippen LogP contribution is 2.32. The van der Waals surface area contributed by atoms with Gasteiger partial charge >= 0.3 is 0 Å². The molecular formula is C20H17BrN2O3S. The Morgan fingerprint density at radius 2 is 1.81 bits per heavy atom. The molecule has 0 saturated carbocycles. The number of pyridine rings is 1. The summed E-state index contributed by atoms with van der Waals surface area (Å²) >= 11 is 4.81. The molecule has 0 aliphatic heterocycles. The number of ether oxygens (including phenoxy) is 2. The van der Waals surface area contributed by atoms with E-state index in [1.807, 2.05) is 30.3 Å². The van der Waals surface area contributed by atoms with Gasteiger partial charge in [-0.15, -0.1) is 0 Å². The maximum absolute atomic E-state index is 12.8. The number of anilines is 1. The number of nitrogens with zero attached hydrogens (tertiary/aromatic N) is 1. The molecule has 0 fully saturated rings. The van der Waals surface area contributed by atoms with Gasteiger partial charge in [0.25, 0.3) is 5.91 Å². The first kappa shape index (κ1) is 19.3. The minimum absolute atomic E-state index is 0.206. The quantitative estimate of drug-likeness (QED) is 0.561. The third kappa shape index (κ3) is 4.81. The number of nitrogens with one attached hydrogen (secondary N) is 1. The molecule has 27 heavy (non-hydrogen) atoms. The lowest BCUT2D eigenvalue weighted by atomic mass is 10.2. The molecule has 0 radical (unpaired) electrons. The van der Waals surface area contributed by atoms with E-state index < -0.39 is 0 Å². The molecular weight excluding hydrogens is 428 g/mol. The van der Waals surface area contributed by atoms with Crippen LogP contribution >= 0.6 is 27.7 Å². The number of methoxy groups -OCH3 is 2. The molecule has 3 aromatic rings. The molecule has 0 unspecified atom stereocenters. The van der Waals surface area contributed by atoms with E-state index in [0.717, 1.165) is 14.4 Å². The summed E-state index contributed by atoms with van der Waals surface area (Å²) in [4.78, 5) is 18.0. The smallest absolute Gasteiger partial charge is 0.256 e. The van der Waals surface area contributed by atoms with Crippen molar-refractivity contribution in [3.63, 3.8) is 0 Å². The van der Waals surface area contributed by atoms with Gasteiger partial charge in [-0.3, -0.25) is 4.79 Å². The lowest BCUT2D eigenvalue weighted by Crippen LogP contribution is -2.13. The summed E-state index contributed by atoms with van der Waals surface area (Å²) in [6.07, 6.45) is 1.73. The number of carbonyl (C=O) groups is 1. The topological polar surface area (TPSA) is 60.5 Å². The van der Waals surface area contributed by atoms with Crippen molar-refractivity contribution < 1.29 is 14.3 Å². The molecule has 1 aromatic heterocycles. The lowest BCUT2D eigenvalue weighted by Gasteiger charge is -2.12. The third-order valence-electron chi connectivity index (χ3n) is 3.69. The summed E-state index contributed by atoms with van der Waals surface area (Å²) < 4.78 is 11.4. The Kier molecular flexibility index (Phi) is 6.36. The monoisotopic (exact) mass is 444 g/mol. The summed E-state index contributed by atoms with van der Waals surface area (Å²) in [6, 6.07) is 16.5. The van der Waals surface area contributed by atoms with Crippen LogP contribution in [0.5, 0.6) is 11.5 Å². The van der Waals surface area contributed by atoms with Crippen molar-refractivity contribution in [3.8, 4) is 11.5 Å². The molecule has 0 aliphatic rings. The van der Waals surface area contributed by atoms with Gasteiger partial charge in [-0.05, 0) is 52.3 Å². The standard InChI is InChI=1S/C20H17BrN2O3S/c1-25-16-9-8-14(11-17(16)26-2)23-20(24)15-5-3-4-6-18(15)27-19-10-7-13(21)12-22-19/h3-12H,1-2H3,(H,23,24). The van der Waals surface area contributed by atoms with Gasteiger partial charge in [-0.2, -0.15) is 0 Å². The van der Waals surface area contributed by atoms with E-state index >= 15 is 0 Å². The zero-order valence-corrected chi connectivity index (χ0v) is 17.1. The minimum Gasteiger partial charge on any atom is -0.493 e. The van der Waals surface area contributed by atoms with E-state index in [2.05, 4.69) is 26.2 Å². The van der Waals surface area contributed by atoms with E-state index in [9.17, 15) is 4.79 Å². The van der Waals surface area contributed by atoms with Crippen LogP contribution in [0.1, 0.15) is 10.4 Å². The van der Waals surface area contributed by atoms with Gasteiger partial charge in [0.15, 0.2) is 11.5 Å². The van der Waals surface area contributed by atoms with Crippen LogP contribution in [0.15, 0.2) is 75.2 Å². The zero-order valence-electron chi connectivity index (χ0n) is 14.7. The van der Waals surface area contributed by atoms with Gasteiger partial charge in [0.05, 0.1) is 19.8 Å². The molecule has 0 atom stereocenters. The van der Waals surface area contributed by atoms with Gasteiger partial charge < -0.3 is 14.8 Å². The van der Waals surface area contributed by atoms with E-state index in [0.29, 0.717) is 22.7 Å². The Morgan fingerprint density at radius 3 is 2.52 bits per heavy atom. The summed E-state index contributed by atoms with van der Waals surface area (Å²) in [7, 11) is 3.13. The van der Waals surface area contributed by atoms with Crippen molar-refractivity contribution in [2.75, 3.05) is 19.5 Å². The molecule has 1 amide bonds. The molecule has 7 heteroatoms. The molecule has 3 rings (SSSR count). The van der Waals surface area contributed by atoms with E-state index in [1.54, 1.807) is 44.7 Å². The highest BCUT2D eigenvalue weighted by atomic mass is 79.9. The van der Waals surface area contributed by atoms with Crippen LogP contribution in [0.4, 0.5) is 5.69 Å². The Labute approximate surface area is 170 Å². The Morgan fingerprint density at radius 1 is 1.04 bits per heavy atom. The number of halogens is 1. The van der Waals surface area contributed by atoms with E-state index in [1.165, 1.54) is 11.8 Å². The second-order valence-electron chi connectivity index (χ2n) is 5.44. The fourth-order valence-corrected chi connectivity index (χ4v) is 3.51. The summed E-state index contributed by atoms with van der Waals surface area (Å²) in [5.74, 6) is 0.951. The fraction of sp³-hybridized carbons (Fsp3) is 0.100. The van der Waals surface area contributed by atoms with Crippen molar-refractivity contribution in [2.45, 2.75) is 9.92 Å². The SMILES string of the molecule is COc1ccc(NC(=O)c2ccccc2Sc2ccc(Br)cn2)cc1OC. The van der Waals surface area contributed by atoms with Crippen LogP contribution < -0.4 is 14.8 Å². The molecule has 0 saturated heterocycles. The maximum atomic E-state index is 12.8. The van der Waals surface area contributed by atoms with Gasteiger partial charge in [0, 0.05) is 27.3 Å². The number of amides is 1. The van der Waals surface area contributed by atoms with E-state index in [-0.39, 0.29) is 5.91 Å². The highest BCUT2D eigenvalue weighted by molar-refractivity contribution is 9.10. The predicted molar refractivity (Wildman–Crippen MR) is 110 cm³/mol. The lowest BCUT2D eigenvalue weighted by molar-refractivity contribution is 0.102. The number of aromatic nitrogens is 1. The van der Waals surface area contributed by atoms with Gasteiger partial charge in [-0.1, -0.05) is 23.9 Å². The summed E-state index contributed by atoms with van der Waals surface area (Å²) in [6.45, 7) is 0. The fourth-order valence-electron chi connectivity index (χ4n) is 2.39. The number of carbonyl (C=O) groups excluding carboxylic acids is 1. The van der Waals surface area contributed by atoms with Crippen LogP contribution in [-0.4, -0.2) is 25.1 Å². The van der Waals surface area contributed by atoms with Crippen LogP contribution in [0.2, 0.25) is 0 Å². The van der Waals surface area contributed by atoms with Gasteiger partial charge in [0.2, 0.25) is 0 Å². The Hall–Kier alpha value is -2.51. The van der Waals surface area contributed by atoms with Crippen molar-refractivity contribution >= 4 is 39.3 Å². The average Bonchev–Trinajstić information content (AvgIpc) is 2.70. The van der Waals surface area contributed by atoms with Gasteiger partial charge in [-0.25, -0.2) is 4.98 Å². The van der Waals surface area contributed by atoms with Crippen molar-refractivity contribution in [1.29, 1.82) is 0 Å². The molecule has 0 bridgehead atoms. The van der Waals surface area contributed by atoms with Gasteiger partial charge in [0.1, 0.15) is 5.03 Å². The van der Waals surface area contributed by atoms with Crippen LogP contribution in [0, 0.1) is 0 Å². The van der Waals surface area contributed by atoms with Crippen molar-refractivity contribution in [3.05, 3.63) is 70.8 Å². The molecule has 0 spiro atoms. The van der Waals surface area contributed by atoms with Crippen molar-refractivity contribution in [2.24, 2.45) is 0 Å². The predicted octanol–water partition coefficient (Wildman–Crippen LogP) is 5.26. The zero-order chi connectivity index (χ0) is 19.2.